The highest BCUT2D eigenvalue weighted by atomic mass is 16.5. The number of aromatic nitrogens is 1. The Bertz CT molecular complexity index is 605. The highest BCUT2D eigenvalue weighted by molar-refractivity contribution is 5.80. The molecule has 1 fully saturated rings. The summed E-state index contributed by atoms with van der Waals surface area (Å²) in [6, 6.07) is 8.86. The van der Waals surface area contributed by atoms with Crippen molar-refractivity contribution < 1.29 is 4.74 Å². The Morgan fingerprint density at radius 3 is 2.76 bits per heavy atom. The second-order valence-electron chi connectivity index (χ2n) is 7.23. The van der Waals surface area contributed by atoms with E-state index in [9.17, 15) is 0 Å². The van der Waals surface area contributed by atoms with E-state index in [2.05, 4.69) is 61.1 Å². The molecule has 1 N–H and O–H groups in total. The van der Waals surface area contributed by atoms with Crippen LogP contribution in [0.3, 0.4) is 0 Å². The largest absolute Gasteiger partial charge is 0.360 e. The van der Waals surface area contributed by atoms with Crippen LogP contribution in [0.5, 0.6) is 0 Å². The van der Waals surface area contributed by atoms with Crippen LogP contribution in [0.25, 0.3) is 10.9 Å². The van der Waals surface area contributed by atoms with Crippen molar-refractivity contribution in [1.29, 1.82) is 0 Å². The number of ether oxygens (including phenoxy) is 1. The Labute approximate surface area is 127 Å². The van der Waals surface area contributed by atoms with Crippen molar-refractivity contribution >= 4 is 10.9 Å². The molecule has 0 aliphatic heterocycles. The Balaban J connectivity index is 1.65. The molecule has 1 aromatic carbocycles. The summed E-state index contributed by atoms with van der Waals surface area (Å²) in [5.41, 5.74) is 2.73. The van der Waals surface area contributed by atoms with E-state index in [0.29, 0.717) is 6.73 Å². The zero-order valence-corrected chi connectivity index (χ0v) is 13.4. The molecule has 3 heteroatoms. The third-order valence-electron chi connectivity index (χ3n) is 3.94. The number of nitrogens with zero attached hydrogens (tertiary/aromatic N) is 1. The predicted molar refractivity (Wildman–Crippen MR) is 87.2 cm³/mol. The van der Waals surface area contributed by atoms with E-state index < -0.39 is 0 Å². The molecule has 3 nitrogen and oxygen atoms in total. The van der Waals surface area contributed by atoms with Gasteiger partial charge in [0.05, 0.1) is 6.61 Å². The van der Waals surface area contributed by atoms with Crippen molar-refractivity contribution in [2.45, 2.75) is 52.4 Å². The van der Waals surface area contributed by atoms with Crippen molar-refractivity contribution in [1.82, 2.24) is 9.88 Å². The fourth-order valence-electron chi connectivity index (χ4n) is 2.44. The Hall–Kier alpha value is -1.32. The Kier molecular flexibility index (Phi) is 4.05. The maximum Gasteiger partial charge on any atom is 0.122 e. The third-order valence-corrected chi connectivity index (χ3v) is 3.94. The predicted octanol–water partition coefficient (Wildman–Crippen LogP) is 3.91. The lowest BCUT2D eigenvalue weighted by atomic mass is 10.1. The van der Waals surface area contributed by atoms with Crippen molar-refractivity contribution in [3.63, 3.8) is 0 Å². The number of nitrogens with one attached hydrogen (secondary N) is 1. The molecule has 1 aliphatic rings. The second-order valence-corrected chi connectivity index (χ2v) is 7.23. The minimum atomic E-state index is 0.150. The maximum atomic E-state index is 5.78. The summed E-state index contributed by atoms with van der Waals surface area (Å²) in [6.45, 7) is 9.06. The van der Waals surface area contributed by atoms with Crippen LogP contribution in [0.1, 0.15) is 39.2 Å². The third kappa shape index (κ3) is 4.08. The van der Waals surface area contributed by atoms with E-state index in [1.54, 1.807) is 0 Å². The first kappa shape index (κ1) is 14.6. The molecule has 0 amide bonds. The van der Waals surface area contributed by atoms with E-state index >= 15 is 0 Å². The smallest absolute Gasteiger partial charge is 0.122 e. The summed E-state index contributed by atoms with van der Waals surface area (Å²) in [6.07, 6.45) is 4.81. The number of fused-ring (bicyclic) bond motifs is 1. The number of hydrogen-bond acceptors (Lipinski definition) is 2. The van der Waals surface area contributed by atoms with Crippen LogP contribution in [-0.4, -0.2) is 16.7 Å². The normalized spacial score (nSPS) is 15.8. The molecule has 0 saturated heterocycles. The van der Waals surface area contributed by atoms with Crippen molar-refractivity contribution in [3.05, 3.63) is 36.0 Å². The van der Waals surface area contributed by atoms with Gasteiger partial charge in [0.25, 0.3) is 0 Å². The van der Waals surface area contributed by atoms with Crippen LogP contribution in [0.2, 0.25) is 0 Å². The van der Waals surface area contributed by atoms with Crippen molar-refractivity contribution in [3.8, 4) is 0 Å². The minimum absolute atomic E-state index is 0.150. The lowest BCUT2D eigenvalue weighted by Crippen LogP contribution is -2.35. The zero-order chi connectivity index (χ0) is 14.9. The van der Waals surface area contributed by atoms with Gasteiger partial charge >= 0.3 is 0 Å². The molecule has 3 rings (SSSR count). The van der Waals surface area contributed by atoms with Gasteiger partial charge in [-0.3, -0.25) is 0 Å². The molecule has 1 saturated carbocycles. The van der Waals surface area contributed by atoms with E-state index in [1.807, 2.05) is 0 Å². The number of rotatable bonds is 6. The highest BCUT2D eigenvalue weighted by Gasteiger charge is 2.21. The zero-order valence-electron chi connectivity index (χ0n) is 13.4. The van der Waals surface area contributed by atoms with Crippen LogP contribution in [0, 0.1) is 5.92 Å². The Morgan fingerprint density at radius 2 is 2.05 bits per heavy atom. The van der Waals surface area contributed by atoms with Crippen molar-refractivity contribution in [2.24, 2.45) is 5.92 Å². The van der Waals surface area contributed by atoms with Gasteiger partial charge in [-0.25, -0.2) is 0 Å². The summed E-state index contributed by atoms with van der Waals surface area (Å²) in [5, 5.41) is 4.82. The fraction of sp³-hybridized carbons (Fsp3) is 0.556. The second kappa shape index (κ2) is 5.82. The summed E-state index contributed by atoms with van der Waals surface area (Å²) in [7, 11) is 0. The van der Waals surface area contributed by atoms with Crippen LogP contribution < -0.4 is 5.32 Å². The van der Waals surface area contributed by atoms with Crippen LogP contribution in [-0.2, 0) is 18.0 Å². The highest BCUT2D eigenvalue weighted by Crippen LogP contribution is 2.29. The molecule has 1 aromatic heterocycles. The van der Waals surface area contributed by atoms with Crippen molar-refractivity contribution in [2.75, 3.05) is 6.61 Å². The maximum absolute atomic E-state index is 5.78. The van der Waals surface area contributed by atoms with Crippen LogP contribution >= 0.6 is 0 Å². The molecule has 0 atom stereocenters. The lowest BCUT2D eigenvalue weighted by Gasteiger charge is -2.20. The average molecular weight is 286 g/mol. The standard InChI is InChI=1S/C18H26N2O/c1-18(2,3)19-11-15-6-7-17-16(10-15)8-9-20(17)13-21-12-14-4-5-14/h6-10,14,19H,4-5,11-13H2,1-3H3. The molecule has 2 aromatic rings. The van der Waals surface area contributed by atoms with Crippen LogP contribution in [0.4, 0.5) is 0 Å². The molecule has 0 unspecified atom stereocenters. The first-order valence-electron chi connectivity index (χ1n) is 7.92. The monoisotopic (exact) mass is 286 g/mol. The molecule has 1 heterocycles. The molecular weight excluding hydrogens is 260 g/mol. The quantitative estimate of drug-likeness (QED) is 0.871. The van der Waals surface area contributed by atoms with Gasteiger partial charge in [-0.15, -0.1) is 0 Å². The van der Waals surface area contributed by atoms with Gasteiger partial charge in [-0.2, -0.15) is 0 Å². The molecule has 1 aliphatic carbocycles. The topological polar surface area (TPSA) is 26.2 Å². The Morgan fingerprint density at radius 1 is 1.24 bits per heavy atom. The molecular formula is C18H26N2O. The van der Waals surface area contributed by atoms with E-state index in [1.165, 1.54) is 29.3 Å². The van der Waals surface area contributed by atoms with Gasteiger partial charge < -0.3 is 14.6 Å². The molecule has 0 spiro atoms. The number of benzene rings is 1. The summed E-state index contributed by atoms with van der Waals surface area (Å²) < 4.78 is 7.98. The van der Waals surface area contributed by atoms with Gasteiger partial charge in [0.2, 0.25) is 0 Å². The first-order chi connectivity index (χ1) is 10.0. The van der Waals surface area contributed by atoms with E-state index in [4.69, 9.17) is 4.74 Å². The average Bonchev–Trinajstić information content (AvgIpc) is 3.16. The SMILES string of the molecule is CC(C)(C)NCc1ccc2c(ccn2COCC2CC2)c1. The molecule has 114 valence electrons. The van der Waals surface area contributed by atoms with E-state index in [-0.39, 0.29) is 5.54 Å². The summed E-state index contributed by atoms with van der Waals surface area (Å²) in [4.78, 5) is 0. The van der Waals surface area contributed by atoms with Gasteiger partial charge in [-0.05, 0) is 68.7 Å². The lowest BCUT2D eigenvalue weighted by molar-refractivity contribution is 0.0718. The summed E-state index contributed by atoms with van der Waals surface area (Å²) in [5.74, 6) is 0.821. The molecule has 21 heavy (non-hydrogen) atoms. The van der Waals surface area contributed by atoms with Crippen LogP contribution in [0.15, 0.2) is 30.5 Å². The first-order valence-corrected chi connectivity index (χ1v) is 7.92. The van der Waals surface area contributed by atoms with E-state index in [0.717, 1.165) is 19.1 Å². The number of hydrogen-bond donors (Lipinski definition) is 1. The fourth-order valence-corrected chi connectivity index (χ4v) is 2.44. The van der Waals surface area contributed by atoms with Gasteiger partial charge in [0.15, 0.2) is 0 Å². The van der Waals surface area contributed by atoms with Gasteiger partial charge in [0.1, 0.15) is 6.73 Å². The van der Waals surface area contributed by atoms with Gasteiger partial charge in [-0.1, -0.05) is 6.07 Å². The molecule has 0 radical (unpaired) electrons. The molecule has 0 bridgehead atoms. The minimum Gasteiger partial charge on any atom is -0.360 e. The van der Waals surface area contributed by atoms with Gasteiger partial charge in [0, 0.05) is 23.8 Å². The summed E-state index contributed by atoms with van der Waals surface area (Å²) >= 11 is 0.